The van der Waals surface area contributed by atoms with Crippen molar-refractivity contribution in [3.63, 3.8) is 0 Å². The third-order valence-electron chi connectivity index (χ3n) is 5.47. The summed E-state index contributed by atoms with van der Waals surface area (Å²) in [6.07, 6.45) is 1.27. The number of sulfone groups is 1. The molecule has 0 spiro atoms. The summed E-state index contributed by atoms with van der Waals surface area (Å²) in [6, 6.07) is 5.12. The number of alkyl carbamates (subject to hydrolysis) is 1. The Labute approximate surface area is 190 Å². The van der Waals surface area contributed by atoms with Crippen molar-refractivity contribution in [3.05, 3.63) is 24.1 Å². The average Bonchev–Trinajstić information content (AvgIpc) is 3.12. The summed E-state index contributed by atoms with van der Waals surface area (Å²) in [7, 11) is -3.93. The molecule has 1 saturated carbocycles. The molecule has 2 amide bonds. The van der Waals surface area contributed by atoms with E-state index in [0.717, 1.165) is 6.42 Å². The van der Waals surface area contributed by atoms with Gasteiger partial charge in [0, 0.05) is 5.56 Å². The fourth-order valence-electron chi connectivity index (χ4n) is 3.63. The lowest BCUT2D eigenvalue weighted by atomic mass is 9.70. The maximum absolute atomic E-state index is 12.9. The van der Waals surface area contributed by atoms with Gasteiger partial charge in [-0.15, -0.1) is 10.2 Å². The highest BCUT2D eigenvalue weighted by Crippen LogP contribution is 2.43. The summed E-state index contributed by atoms with van der Waals surface area (Å²) >= 11 is 0. The molecule has 4 rings (SSSR count). The molecular weight excluding hydrogens is 450 g/mol. The number of rotatable bonds is 3. The molecule has 2 aromatic rings. The van der Waals surface area contributed by atoms with Crippen molar-refractivity contribution in [2.24, 2.45) is 0 Å². The maximum Gasteiger partial charge on any atom is 0.408 e. The standard InChI is InChI=1S/C21H23N5O6S/c1-20(2,3)32-19(28)24-14-10-33(29,30)15-6-5-12(9-13(15)23-16(14)27)17-25-26-18(31-17)21(11-22)7-4-8-21/h5-6,9,14H,4,7-8,10H2,1-3H3,(H,23,27)(H,24,28)/t14-/m0/s1. The monoisotopic (exact) mass is 473 g/mol. The van der Waals surface area contributed by atoms with Crippen LogP contribution in [0.4, 0.5) is 10.5 Å². The number of hydrogen-bond donors (Lipinski definition) is 2. The number of amides is 2. The van der Waals surface area contributed by atoms with Gasteiger partial charge in [0.15, 0.2) is 9.84 Å². The van der Waals surface area contributed by atoms with Gasteiger partial charge in [-0.3, -0.25) is 4.79 Å². The second kappa shape index (κ2) is 7.84. The van der Waals surface area contributed by atoms with E-state index in [0.29, 0.717) is 18.4 Å². The lowest BCUT2D eigenvalue weighted by Crippen LogP contribution is -2.48. The predicted octanol–water partition coefficient (Wildman–Crippen LogP) is 2.30. The molecule has 1 aromatic carbocycles. The van der Waals surface area contributed by atoms with Crippen LogP contribution in [0, 0.1) is 11.3 Å². The molecule has 1 fully saturated rings. The first-order valence-electron chi connectivity index (χ1n) is 10.4. The minimum absolute atomic E-state index is 0.0318. The smallest absolute Gasteiger partial charge is 0.408 e. The number of nitrogens with one attached hydrogen (secondary N) is 2. The number of anilines is 1. The molecule has 0 radical (unpaired) electrons. The zero-order valence-electron chi connectivity index (χ0n) is 18.3. The molecule has 11 nitrogen and oxygen atoms in total. The Kier molecular flexibility index (Phi) is 5.40. The Bertz CT molecular complexity index is 1270. The van der Waals surface area contributed by atoms with Gasteiger partial charge in [0.05, 0.1) is 22.4 Å². The topological polar surface area (TPSA) is 164 Å². The average molecular weight is 474 g/mol. The summed E-state index contributed by atoms with van der Waals surface area (Å²) in [5.41, 5.74) is -1.18. The normalized spacial score (nSPS) is 20.9. The van der Waals surface area contributed by atoms with Crippen LogP contribution in [-0.4, -0.2) is 48.0 Å². The number of nitrogens with zero attached hydrogens (tertiary/aromatic N) is 3. The maximum atomic E-state index is 12.9. The van der Waals surface area contributed by atoms with Crippen molar-refractivity contribution < 1.29 is 27.2 Å². The van der Waals surface area contributed by atoms with Gasteiger partial charge in [-0.05, 0) is 58.2 Å². The molecule has 174 valence electrons. The lowest BCUT2D eigenvalue weighted by molar-refractivity contribution is -0.117. The number of benzene rings is 1. The lowest BCUT2D eigenvalue weighted by Gasteiger charge is -2.30. The molecule has 2 aliphatic rings. The second-order valence-corrected chi connectivity index (χ2v) is 11.1. The van der Waals surface area contributed by atoms with Crippen LogP contribution in [0.3, 0.4) is 0 Å². The number of nitriles is 1. The highest BCUT2D eigenvalue weighted by molar-refractivity contribution is 7.91. The van der Waals surface area contributed by atoms with Crippen molar-refractivity contribution in [3.8, 4) is 17.5 Å². The third-order valence-corrected chi connectivity index (χ3v) is 7.27. The van der Waals surface area contributed by atoms with Crippen LogP contribution in [0.25, 0.3) is 11.5 Å². The van der Waals surface area contributed by atoms with E-state index in [1.54, 1.807) is 20.8 Å². The van der Waals surface area contributed by atoms with Crippen molar-refractivity contribution >= 4 is 27.5 Å². The summed E-state index contributed by atoms with van der Waals surface area (Å²) in [6.45, 7) is 4.96. The van der Waals surface area contributed by atoms with E-state index in [4.69, 9.17) is 9.15 Å². The van der Waals surface area contributed by atoms with Crippen LogP contribution in [-0.2, 0) is 24.8 Å². The SMILES string of the molecule is CC(C)(C)OC(=O)N[C@H]1CS(=O)(=O)c2ccc(-c3nnc(C4(C#N)CCC4)o3)cc2NC1=O. The van der Waals surface area contributed by atoms with Crippen molar-refractivity contribution in [1.82, 2.24) is 15.5 Å². The van der Waals surface area contributed by atoms with E-state index in [2.05, 4.69) is 26.9 Å². The fourth-order valence-corrected chi connectivity index (χ4v) is 5.20. The number of aromatic nitrogens is 2. The summed E-state index contributed by atoms with van der Waals surface area (Å²) in [4.78, 5) is 24.7. The predicted molar refractivity (Wildman–Crippen MR) is 115 cm³/mol. The van der Waals surface area contributed by atoms with Crippen LogP contribution in [0.15, 0.2) is 27.5 Å². The Morgan fingerprint density at radius 1 is 1.33 bits per heavy atom. The van der Waals surface area contributed by atoms with E-state index >= 15 is 0 Å². The number of carbonyl (C=O) groups is 2. The van der Waals surface area contributed by atoms with Gasteiger partial charge in [-0.1, -0.05) is 0 Å². The van der Waals surface area contributed by atoms with E-state index in [-0.39, 0.29) is 22.4 Å². The van der Waals surface area contributed by atoms with Crippen LogP contribution < -0.4 is 10.6 Å². The Hall–Kier alpha value is -3.46. The number of hydrogen-bond acceptors (Lipinski definition) is 9. The van der Waals surface area contributed by atoms with Gasteiger partial charge in [-0.25, -0.2) is 13.2 Å². The van der Waals surface area contributed by atoms with E-state index in [9.17, 15) is 23.3 Å². The van der Waals surface area contributed by atoms with Crippen LogP contribution in [0.5, 0.6) is 0 Å². The van der Waals surface area contributed by atoms with Gasteiger partial charge in [-0.2, -0.15) is 5.26 Å². The molecule has 1 aliphatic carbocycles. The molecular formula is C21H23N5O6S. The van der Waals surface area contributed by atoms with Gasteiger partial charge in [0.2, 0.25) is 17.7 Å². The van der Waals surface area contributed by atoms with E-state index < -0.39 is 44.6 Å². The first-order valence-corrected chi connectivity index (χ1v) is 12.0. The highest BCUT2D eigenvalue weighted by Gasteiger charge is 2.44. The van der Waals surface area contributed by atoms with Crippen molar-refractivity contribution in [2.45, 2.75) is 62.0 Å². The molecule has 1 aromatic heterocycles. The highest BCUT2D eigenvalue weighted by atomic mass is 32.2. The Balaban J connectivity index is 1.61. The molecule has 2 N–H and O–H groups in total. The first kappa shape index (κ1) is 22.7. The molecule has 2 heterocycles. The van der Waals surface area contributed by atoms with Gasteiger partial charge in [0.1, 0.15) is 17.1 Å². The van der Waals surface area contributed by atoms with Crippen LogP contribution in [0.1, 0.15) is 45.9 Å². The molecule has 1 aliphatic heterocycles. The molecule has 0 saturated heterocycles. The second-order valence-electron chi connectivity index (χ2n) is 9.14. The van der Waals surface area contributed by atoms with Gasteiger partial charge in [0.25, 0.3) is 0 Å². The van der Waals surface area contributed by atoms with E-state index in [1.165, 1.54) is 18.2 Å². The third kappa shape index (κ3) is 4.41. The van der Waals surface area contributed by atoms with E-state index in [1.807, 2.05) is 0 Å². The van der Waals surface area contributed by atoms with Crippen molar-refractivity contribution in [1.29, 1.82) is 5.26 Å². The zero-order valence-corrected chi connectivity index (χ0v) is 19.2. The molecule has 1 atom stereocenters. The summed E-state index contributed by atoms with van der Waals surface area (Å²) in [5, 5.41) is 22.3. The van der Waals surface area contributed by atoms with Gasteiger partial charge < -0.3 is 19.8 Å². The number of carbonyl (C=O) groups excluding carboxylic acids is 2. The first-order chi connectivity index (χ1) is 15.4. The van der Waals surface area contributed by atoms with Crippen molar-refractivity contribution in [2.75, 3.05) is 11.1 Å². The fraction of sp³-hybridized carbons (Fsp3) is 0.476. The Morgan fingerprint density at radius 3 is 2.67 bits per heavy atom. The number of ether oxygens (including phenoxy) is 1. The van der Waals surface area contributed by atoms with Gasteiger partial charge >= 0.3 is 6.09 Å². The van der Waals surface area contributed by atoms with Crippen LogP contribution >= 0.6 is 0 Å². The molecule has 12 heteroatoms. The number of fused-ring (bicyclic) bond motifs is 1. The largest absolute Gasteiger partial charge is 0.444 e. The zero-order chi connectivity index (χ0) is 24.0. The molecule has 0 unspecified atom stereocenters. The molecule has 0 bridgehead atoms. The minimum atomic E-state index is -3.93. The molecule has 33 heavy (non-hydrogen) atoms. The summed E-state index contributed by atoms with van der Waals surface area (Å²) in [5.74, 6) is -1.00. The minimum Gasteiger partial charge on any atom is -0.444 e. The quantitative estimate of drug-likeness (QED) is 0.680. The van der Waals surface area contributed by atoms with Crippen LogP contribution in [0.2, 0.25) is 0 Å². The Morgan fingerprint density at radius 2 is 2.06 bits per heavy atom. The summed E-state index contributed by atoms with van der Waals surface area (Å²) < 4.78 is 36.7.